The predicted molar refractivity (Wildman–Crippen MR) is 64.0 cm³/mol. The van der Waals surface area contributed by atoms with Crippen molar-refractivity contribution in [1.29, 1.82) is 0 Å². The molecule has 2 aliphatic rings. The van der Waals surface area contributed by atoms with Crippen LogP contribution in [0.25, 0.3) is 0 Å². The molecule has 2 fully saturated rings. The standard InChI is InChI=1S/C12H23N3O/c1-3-14-12(16)8(2)15-10-4-5-11(15)7-9(13)6-10/h8-11H,3-7,13H2,1-2H3,(H,14,16). The predicted octanol–water partition coefficient (Wildman–Crippen LogP) is 0.465. The topological polar surface area (TPSA) is 58.4 Å². The molecule has 0 radical (unpaired) electrons. The number of nitrogens with zero attached hydrogens (tertiary/aromatic N) is 1. The second kappa shape index (κ2) is 4.72. The number of fused-ring (bicyclic) bond motifs is 2. The van der Waals surface area contributed by atoms with Crippen LogP contribution >= 0.6 is 0 Å². The van der Waals surface area contributed by atoms with E-state index in [4.69, 9.17) is 5.73 Å². The van der Waals surface area contributed by atoms with E-state index in [2.05, 4.69) is 10.2 Å². The van der Waals surface area contributed by atoms with Crippen molar-refractivity contribution in [3.05, 3.63) is 0 Å². The van der Waals surface area contributed by atoms with Gasteiger partial charge in [-0.25, -0.2) is 0 Å². The van der Waals surface area contributed by atoms with E-state index in [1.807, 2.05) is 13.8 Å². The van der Waals surface area contributed by atoms with Gasteiger partial charge in [0, 0.05) is 24.7 Å². The maximum atomic E-state index is 11.9. The highest BCUT2D eigenvalue weighted by Crippen LogP contribution is 2.36. The molecule has 0 aromatic heterocycles. The van der Waals surface area contributed by atoms with Crippen LogP contribution in [0.2, 0.25) is 0 Å². The average Bonchev–Trinajstić information content (AvgIpc) is 2.50. The third kappa shape index (κ3) is 2.09. The fourth-order valence-corrected chi connectivity index (χ4v) is 3.35. The number of carbonyl (C=O) groups is 1. The SMILES string of the molecule is CCNC(=O)C(C)N1C2CCC1CC(N)C2. The Kier molecular flexibility index (Phi) is 3.50. The van der Waals surface area contributed by atoms with Crippen LogP contribution in [0, 0.1) is 0 Å². The lowest BCUT2D eigenvalue weighted by atomic mass is 9.96. The molecule has 92 valence electrons. The molecule has 2 saturated heterocycles. The Hall–Kier alpha value is -0.610. The highest BCUT2D eigenvalue weighted by atomic mass is 16.2. The molecule has 1 amide bonds. The molecule has 0 spiro atoms. The van der Waals surface area contributed by atoms with E-state index in [0.717, 1.165) is 12.8 Å². The van der Waals surface area contributed by atoms with Gasteiger partial charge in [0.1, 0.15) is 0 Å². The number of nitrogens with one attached hydrogen (secondary N) is 1. The lowest BCUT2D eigenvalue weighted by Crippen LogP contribution is -2.55. The first-order chi connectivity index (χ1) is 7.63. The van der Waals surface area contributed by atoms with Gasteiger partial charge in [0.25, 0.3) is 0 Å². The zero-order valence-electron chi connectivity index (χ0n) is 10.3. The molecule has 3 unspecified atom stereocenters. The summed E-state index contributed by atoms with van der Waals surface area (Å²) in [5.41, 5.74) is 6.03. The Bertz CT molecular complexity index is 255. The van der Waals surface area contributed by atoms with Crippen LogP contribution in [0.1, 0.15) is 39.5 Å². The number of nitrogens with two attached hydrogens (primary N) is 1. The molecule has 3 atom stereocenters. The van der Waals surface area contributed by atoms with Gasteiger partial charge in [0.2, 0.25) is 5.91 Å². The summed E-state index contributed by atoms with van der Waals surface area (Å²) in [4.78, 5) is 14.3. The smallest absolute Gasteiger partial charge is 0.237 e. The summed E-state index contributed by atoms with van der Waals surface area (Å²) in [6, 6.07) is 1.41. The summed E-state index contributed by atoms with van der Waals surface area (Å²) in [5.74, 6) is 0.162. The van der Waals surface area contributed by atoms with Crippen LogP contribution in [0.3, 0.4) is 0 Å². The molecule has 3 N–H and O–H groups in total. The zero-order valence-corrected chi connectivity index (χ0v) is 10.3. The molecule has 0 aromatic rings. The van der Waals surface area contributed by atoms with Gasteiger partial charge in [-0.15, -0.1) is 0 Å². The fraction of sp³-hybridized carbons (Fsp3) is 0.917. The Balaban J connectivity index is 2.02. The van der Waals surface area contributed by atoms with Crippen LogP contribution in [-0.4, -0.2) is 41.5 Å². The molecule has 4 heteroatoms. The number of likely N-dealkylation sites (N-methyl/N-ethyl adjacent to an activating group) is 1. The fourth-order valence-electron chi connectivity index (χ4n) is 3.35. The average molecular weight is 225 g/mol. The number of rotatable bonds is 3. The van der Waals surface area contributed by atoms with E-state index in [1.54, 1.807) is 0 Å². The Morgan fingerprint density at radius 2 is 2.00 bits per heavy atom. The number of amides is 1. The van der Waals surface area contributed by atoms with Crippen molar-refractivity contribution in [3.63, 3.8) is 0 Å². The minimum Gasteiger partial charge on any atom is -0.355 e. The van der Waals surface area contributed by atoms with Gasteiger partial charge in [-0.1, -0.05) is 0 Å². The summed E-state index contributed by atoms with van der Waals surface area (Å²) in [6.07, 6.45) is 4.53. The first kappa shape index (κ1) is 11.9. The first-order valence-electron chi connectivity index (χ1n) is 6.44. The van der Waals surface area contributed by atoms with Gasteiger partial charge < -0.3 is 11.1 Å². The summed E-state index contributed by atoms with van der Waals surface area (Å²) in [6.45, 7) is 4.70. The van der Waals surface area contributed by atoms with Crippen LogP contribution in [-0.2, 0) is 4.79 Å². The molecule has 2 bridgehead atoms. The molecule has 2 heterocycles. The van der Waals surface area contributed by atoms with Crippen molar-refractivity contribution in [2.45, 2.75) is 63.7 Å². The van der Waals surface area contributed by atoms with Crippen LogP contribution in [0.4, 0.5) is 0 Å². The molecule has 0 aromatic carbocycles. The summed E-state index contributed by atoms with van der Waals surface area (Å²) >= 11 is 0. The van der Waals surface area contributed by atoms with Crippen molar-refractivity contribution >= 4 is 5.91 Å². The number of hydrogen-bond acceptors (Lipinski definition) is 3. The number of piperidine rings is 1. The zero-order chi connectivity index (χ0) is 11.7. The summed E-state index contributed by atoms with van der Waals surface area (Å²) < 4.78 is 0. The molecule has 2 aliphatic heterocycles. The maximum Gasteiger partial charge on any atom is 0.237 e. The van der Waals surface area contributed by atoms with E-state index in [0.29, 0.717) is 24.7 Å². The van der Waals surface area contributed by atoms with E-state index in [9.17, 15) is 4.79 Å². The van der Waals surface area contributed by atoms with Crippen molar-refractivity contribution in [2.75, 3.05) is 6.54 Å². The molecule has 0 saturated carbocycles. The van der Waals surface area contributed by atoms with Crippen LogP contribution in [0.5, 0.6) is 0 Å². The van der Waals surface area contributed by atoms with Crippen molar-refractivity contribution in [2.24, 2.45) is 5.73 Å². The summed E-state index contributed by atoms with van der Waals surface area (Å²) in [7, 11) is 0. The first-order valence-corrected chi connectivity index (χ1v) is 6.44. The Morgan fingerprint density at radius 3 is 2.50 bits per heavy atom. The normalized spacial score (nSPS) is 36.1. The highest BCUT2D eigenvalue weighted by molar-refractivity contribution is 5.81. The number of hydrogen-bond donors (Lipinski definition) is 2. The number of carbonyl (C=O) groups excluding carboxylic acids is 1. The summed E-state index contributed by atoms with van der Waals surface area (Å²) in [5, 5.41) is 2.91. The van der Waals surface area contributed by atoms with Gasteiger partial charge in [0.05, 0.1) is 6.04 Å². The highest BCUT2D eigenvalue weighted by Gasteiger charge is 2.43. The molecule has 16 heavy (non-hydrogen) atoms. The van der Waals surface area contributed by atoms with Crippen LogP contribution < -0.4 is 11.1 Å². The third-order valence-electron chi connectivity index (χ3n) is 4.00. The van der Waals surface area contributed by atoms with Crippen molar-refractivity contribution < 1.29 is 4.79 Å². The van der Waals surface area contributed by atoms with Crippen molar-refractivity contribution in [1.82, 2.24) is 10.2 Å². The molecule has 2 rings (SSSR count). The second-order valence-electron chi connectivity index (χ2n) is 5.13. The third-order valence-corrected chi connectivity index (χ3v) is 4.00. The maximum absolute atomic E-state index is 11.9. The Morgan fingerprint density at radius 1 is 1.44 bits per heavy atom. The molecule has 0 aliphatic carbocycles. The lowest BCUT2D eigenvalue weighted by Gasteiger charge is -2.40. The quantitative estimate of drug-likeness (QED) is 0.734. The van der Waals surface area contributed by atoms with Gasteiger partial charge in [-0.3, -0.25) is 9.69 Å². The van der Waals surface area contributed by atoms with E-state index in [1.165, 1.54) is 12.8 Å². The lowest BCUT2D eigenvalue weighted by molar-refractivity contribution is -0.127. The minimum absolute atomic E-state index is 0.00458. The van der Waals surface area contributed by atoms with Gasteiger partial charge in [-0.05, 0) is 39.5 Å². The minimum atomic E-state index is 0.00458. The van der Waals surface area contributed by atoms with Crippen LogP contribution in [0.15, 0.2) is 0 Å². The van der Waals surface area contributed by atoms with E-state index < -0.39 is 0 Å². The molecular formula is C12H23N3O. The van der Waals surface area contributed by atoms with E-state index >= 15 is 0 Å². The van der Waals surface area contributed by atoms with Gasteiger partial charge >= 0.3 is 0 Å². The molecular weight excluding hydrogens is 202 g/mol. The van der Waals surface area contributed by atoms with E-state index in [-0.39, 0.29) is 11.9 Å². The Labute approximate surface area is 97.6 Å². The largest absolute Gasteiger partial charge is 0.355 e. The monoisotopic (exact) mass is 225 g/mol. The van der Waals surface area contributed by atoms with Gasteiger partial charge in [-0.2, -0.15) is 0 Å². The molecule has 4 nitrogen and oxygen atoms in total. The second-order valence-corrected chi connectivity index (χ2v) is 5.13. The van der Waals surface area contributed by atoms with Crippen molar-refractivity contribution in [3.8, 4) is 0 Å². The van der Waals surface area contributed by atoms with Gasteiger partial charge in [0.15, 0.2) is 0 Å².